The average molecular weight is 390 g/mol. The van der Waals surface area contributed by atoms with Crippen molar-refractivity contribution in [1.29, 1.82) is 0 Å². The molecule has 2 amide bonds. The van der Waals surface area contributed by atoms with Crippen LogP contribution in [0.1, 0.15) is 30.7 Å². The van der Waals surface area contributed by atoms with E-state index in [4.69, 9.17) is 0 Å². The van der Waals surface area contributed by atoms with Crippen molar-refractivity contribution in [2.24, 2.45) is 5.92 Å². The van der Waals surface area contributed by atoms with Crippen molar-refractivity contribution in [2.45, 2.75) is 37.3 Å². The Morgan fingerprint density at radius 2 is 1.69 bits per heavy atom. The Bertz CT molecular complexity index is 907. The lowest BCUT2D eigenvalue weighted by atomic mass is 9.73. The standard InChI is InChI=1S/C24H26N2O3/c27-15-21-24(19-10-8-18(9-11-19)17-4-2-1-3-5-17)20-13-25(14-23(29)26(20)21)22(28)12-16-6-7-16/h1-5,8-11,16,20-21,24,27H,6-7,12-15H2/t20-,21+,24-/m0/s1. The maximum absolute atomic E-state index is 12.7. The molecule has 1 aliphatic carbocycles. The van der Waals surface area contributed by atoms with Crippen molar-refractivity contribution in [3.8, 4) is 11.1 Å². The molecule has 1 N–H and O–H groups in total. The Morgan fingerprint density at radius 3 is 2.34 bits per heavy atom. The van der Waals surface area contributed by atoms with Gasteiger partial charge in [-0.15, -0.1) is 0 Å². The first kappa shape index (κ1) is 18.4. The second-order valence-corrected chi connectivity index (χ2v) is 8.55. The van der Waals surface area contributed by atoms with Crippen LogP contribution in [0.3, 0.4) is 0 Å². The third-order valence-electron chi connectivity index (χ3n) is 6.67. The van der Waals surface area contributed by atoms with E-state index in [-0.39, 0.29) is 43.0 Å². The smallest absolute Gasteiger partial charge is 0.242 e. The number of piperazine rings is 1. The van der Waals surface area contributed by atoms with Gasteiger partial charge in [0, 0.05) is 18.9 Å². The third kappa shape index (κ3) is 3.33. The fourth-order valence-electron chi connectivity index (χ4n) is 4.92. The molecule has 0 radical (unpaired) electrons. The number of rotatable bonds is 5. The molecule has 2 aromatic rings. The van der Waals surface area contributed by atoms with Crippen LogP contribution in [0, 0.1) is 5.92 Å². The number of hydrogen-bond acceptors (Lipinski definition) is 3. The van der Waals surface area contributed by atoms with Gasteiger partial charge in [-0.2, -0.15) is 0 Å². The van der Waals surface area contributed by atoms with Crippen molar-refractivity contribution >= 4 is 11.8 Å². The molecule has 3 fully saturated rings. The topological polar surface area (TPSA) is 60.9 Å². The van der Waals surface area contributed by atoms with Crippen molar-refractivity contribution in [2.75, 3.05) is 19.7 Å². The number of carbonyl (C=O) groups excluding carboxylic acids is 2. The molecule has 0 aromatic heterocycles. The molecule has 0 unspecified atom stereocenters. The van der Waals surface area contributed by atoms with Gasteiger partial charge < -0.3 is 14.9 Å². The first-order valence-electron chi connectivity index (χ1n) is 10.5. The number of aliphatic hydroxyl groups excluding tert-OH is 1. The van der Waals surface area contributed by atoms with Gasteiger partial charge in [0.2, 0.25) is 11.8 Å². The van der Waals surface area contributed by atoms with Gasteiger partial charge in [0.15, 0.2) is 0 Å². The van der Waals surface area contributed by atoms with E-state index in [9.17, 15) is 14.7 Å². The van der Waals surface area contributed by atoms with Gasteiger partial charge in [-0.1, -0.05) is 54.6 Å². The number of benzene rings is 2. The largest absolute Gasteiger partial charge is 0.394 e. The zero-order chi connectivity index (χ0) is 20.0. The van der Waals surface area contributed by atoms with Gasteiger partial charge in [0.05, 0.1) is 25.2 Å². The van der Waals surface area contributed by atoms with Crippen molar-refractivity contribution in [1.82, 2.24) is 9.80 Å². The second-order valence-electron chi connectivity index (χ2n) is 8.55. The second kappa shape index (κ2) is 7.30. The molecule has 29 heavy (non-hydrogen) atoms. The van der Waals surface area contributed by atoms with Crippen LogP contribution in [-0.4, -0.2) is 58.5 Å². The molecule has 2 aromatic carbocycles. The van der Waals surface area contributed by atoms with Crippen LogP contribution in [-0.2, 0) is 9.59 Å². The molecule has 2 heterocycles. The Balaban J connectivity index is 1.36. The van der Waals surface area contributed by atoms with Crippen LogP contribution in [0.4, 0.5) is 0 Å². The highest BCUT2D eigenvalue weighted by Crippen LogP contribution is 2.43. The lowest BCUT2D eigenvalue weighted by Gasteiger charge is -2.58. The molecule has 3 atom stereocenters. The third-order valence-corrected chi connectivity index (χ3v) is 6.67. The van der Waals surface area contributed by atoms with Crippen molar-refractivity contribution < 1.29 is 14.7 Å². The van der Waals surface area contributed by atoms with E-state index in [2.05, 4.69) is 36.4 Å². The molecule has 150 valence electrons. The predicted octanol–water partition coefficient (Wildman–Crippen LogP) is 2.65. The monoisotopic (exact) mass is 390 g/mol. The summed E-state index contributed by atoms with van der Waals surface area (Å²) in [5.41, 5.74) is 3.43. The van der Waals surface area contributed by atoms with E-state index in [1.54, 1.807) is 9.80 Å². The van der Waals surface area contributed by atoms with Crippen LogP contribution in [0.5, 0.6) is 0 Å². The molecule has 0 spiro atoms. The summed E-state index contributed by atoms with van der Waals surface area (Å²) in [5, 5.41) is 9.93. The Morgan fingerprint density at radius 1 is 1.00 bits per heavy atom. The summed E-state index contributed by atoms with van der Waals surface area (Å²) in [4.78, 5) is 28.8. The molecular weight excluding hydrogens is 364 g/mol. The molecule has 3 aliphatic rings. The summed E-state index contributed by atoms with van der Waals surface area (Å²) in [6, 6.07) is 18.4. The number of nitrogens with zero attached hydrogens (tertiary/aromatic N) is 2. The van der Waals surface area contributed by atoms with Crippen LogP contribution in [0.15, 0.2) is 54.6 Å². The summed E-state index contributed by atoms with van der Waals surface area (Å²) < 4.78 is 0. The highest BCUT2D eigenvalue weighted by molar-refractivity contribution is 5.88. The number of carbonyl (C=O) groups is 2. The van der Waals surface area contributed by atoms with Crippen LogP contribution in [0.2, 0.25) is 0 Å². The fourth-order valence-corrected chi connectivity index (χ4v) is 4.92. The number of hydrogen-bond donors (Lipinski definition) is 1. The van der Waals surface area contributed by atoms with E-state index in [0.717, 1.165) is 29.5 Å². The van der Waals surface area contributed by atoms with Gasteiger partial charge in [-0.25, -0.2) is 0 Å². The maximum atomic E-state index is 12.7. The molecule has 2 saturated heterocycles. The normalized spacial score (nSPS) is 26.1. The van der Waals surface area contributed by atoms with Gasteiger partial charge in [-0.05, 0) is 35.4 Å². The molecule has 0 bridgehead atoms. The van der Waals surface area contributed by atoms with Gasteiger partial charge >= 0.3 is 0 Å². The zero-order valence-corrected chi connectivity index (χ0v) is 16.4. The van der Waals surface area contributed by atoms with E-state index >= 15 is 0 Å². The summed E-state index contributed by atoms with van der Waals surface area (Å²) >= 11 is 0. The van der Waals surface area contributed by atoms with Crippen LogP contribution < -0.4 is 0 Å². The van der Waals surface area contributed by atoms with Crippen molar-refractivity contribution in [3.63, 3.8) is 0 Å². The van der Waals surface area contributed by atoms with Crippen LogP contribution >= 0.6 is 0 Å². The SMILES string of the molecule is O=C(CC1CC1)N1CC(=O)N2[C@H](CO)[C@@H](c3ccc(-c4ccccc4)cc3)[C@@H]2C1. The minimum absolute atomic E-state index is 0.0402. The van der Waals surface area contributed by atoms with E-state index in [1.807, 2.05) is 18.2 Å². The first-order valence-corrected chi connectivity index (χ1v) is 10.5. The van der Waals surface area contributed by atoms with Crippen LogP contribution in [0.25, 0.3) is 11.1 Å². The summed E-state index contributed by atoms with van der Waals surface area (Å²) in [6.07, 6.45) is 2.83. The highest BCUT2D eigenvalue weighted by atomic mass is 16.3. The van der Waals surface area contributed by atoms with Crippen molar-refractivity contribution in [3.05, 3.63) is 60.2 Å². The highest BCUT2D eigenvalue weighted by Gasteiger charge is 2.54. The Kier molecular flexibility index (Phi) is 4.63. The first-order chi connectivity index (χ1) is 14.2. The Labute approximate surface area is 170 Å². The average Bonchev–Trinajstić information content (AvgIpc) is 3.54. The van der Waals surface area contributed by atoms with Gasteiger partial charge in [0.1, 0.15) is 0 Å². The lowest BCUT2D eigenvalue weighted by molar-refractivity contribution is -0.167. The van der Waals surface area contributed by atoms with E-state index in [0.29, 0.717) is 18.9 Å². The predicted molar refractivity (Wildman–Crippen MR) is 110 cm³/mol. The Hall–Kier alpha value is -2.66. The lowest BCUT2D eigenvalue weighted by Crippen LogP contribution is -2.73. The fraction of sp³-hybridized carbons (Fsp3) is 0.417. The summed E-state index contributed by atoms with van der Waals surface area (Å²) in [5.74, 6) is 0.640. The molecule has 5 rings (SSSR count). The van der Waals surface area contributed by atoms with Gasteiger partial charge in [-0.3, -0.25) is 9.59 Å². The zero-order valence-electron chi connectivity index (χ0n) is 16.4. The molecule has 2 aliphatic heterocycles. The van der Waals surface area contributed by atoms with E-state index in [1.165, 1.54) is 0 Å². The minimum atomic E-state index is -0.198. The maximum Gasteiger partial charge on any atom is 0.242 e. The van der Waals surface area contributed by atoms with E-state index < -0.39 is 0 Å². The molecule has 1 saturated carbocycles. The number of amides is 2. The number of aliphatic hydroxyl groups is 1. The van der Waals surface area contributed by atoms with Gasteiger partial charge in [0.25, 0.3) is 0 Å². The molecular formula is C24H26N2O3. The quantitative estimate of drug-likeness (QED) is 0.854. The molecule has 5 heteroatoms. The molecule has 5 nitrogen and oxygen atoms in total. The minimum Gasteiger partial charge on any atom is -0.394 e. The summed E-state index contributed by atoms with van der Waals surface area (Å²) in [7, 11) is 0. The number of fused-ring (bicyclic) bond motifs is 1. The summed E-state index contributed by atoms with van der Waals surface area (Å²) in [6.45, 7) is 0.667.